The molecule has 26 heavy (non-hydrogen) atoms. The van der Waals surface area contributed by atoms with Gasteiger partial charge < -0.3 is 19.5 Å². The van der Waals surface area contributed by atoms with E-state index in [1.54, 1.807) is 18.2 Å². The van der Waals surface area contributed by atoms with E-state index < -0.39 is 18.2 Å². The quantitative estimate of drug-likeness (QED) is 0.604. The molecule has 2 aliphatic heterocycles. The van der Waals surface area contributed by atoms with Gasteiger partial charge in [0.05, 0.1) is 14.2 Å². The zero-order valence-corrected chi connectivity index (χ0v) is 14.6. The van der Waals surface area contributed by atoms with E-state index in [1.165, 1.54) is 19.1 Å². The van der Waals surface area contributed by atoms with E-state index >= 15 is 0 Å². The number of hydrogen-bond acceptors (Lipinski definition) is 6. The van der Waals surface area contributed by atoms with Crippen molar-refractivity contribution in [1.29, 1.82) is 0 Å². The first-order valence-electron chi connectivity index (χ1n) is 8.19. The molecule has 0 bridgehead atoms. The number of likely N-dealkylation sites (tertiary alicyclic amines) is 1. The average Bonchev–Trinajstić information content (AvgIpc) is 3.18. The number of ether oxygens (including phenoxy) is 3. The second-order valence-corrected chi connectivity index (χ2v) is 5.91. The maximum atomic E-state index is 12.4. The Kier molecular flexibility index (Phi) is 4.83. The summed E-state index contributed by atoms with van der Waals surface area (Å²) in [5, 5.41) is 2.69. The van der Waals surface area contributed by atoms with Crippen molar-refractivity contribution >= 4 is 17.8 Å². The molecule has 1 N–H and O–H groups in total. The molecule has 0 spiro atoms. The van der Waals surface area contributed by atoms with E-state index in [1.807, 2.05) is 0 Å². The molecule has 2 heterocycles. The second kappa shape index (κ2) is 7.07. The Bertz CT molecular complexity index is 775. The summed E-state index contributed by atoms with van der Waals surface area (Å²) in [6.45, 7) is 3.85. The lowest BCUT2D eigenvalue weighted by Crippen LogP contribution is -2.46. The van der Waals surface area contributed by atoms with Crippen molar-refractivity contribution in [1.82, 2.24) is 10.2 Å². The van der Waals surface area contributed by atoms with Crippen LogP contribution in [0.1, 0.15) is 35.0 Å². The molecule has 0 radical (unpaired) electrons. The number of carbonyl (C=O) groups is 3. The van der Waals surface area contributed by atoms with Crippen molar-refractivity contribution in [2.75, 3.05) is 20.8 Å². The highest BCUT2D eigenvalue weighted by Crippen LogP contribution is 2.45. The first-order chi connectivity index (χ1) is 12.5. The molecule has 0 aromatic heterocycles. The first-order valence-corrected chi connectivity index (χ1v) is 8.19. The van der Waals surface area contributed by atoms with Gasteiger partial charge in [0, 0.05) is 18.5 Å². The van der Waals surface area contributed by atoms with Crippen molar-refractivity contribution < 1.29 is 28.6 Å². The lowest BCUT2D eigenvalue weighted by Gasteiger charge is -2.29. The van der Waals surface area contributed by atoms with E-state index in [2.05, 4.69) is 11.9 Å². The number of rotatable bonds is 6. The minimum absolute atomic E-state index is 0.210. The fraction of sp³-hybridized carbons (Fsp3) is 0.389. The summed E-state index contributed by atoms with van der Waals surface area (Å²) in [6.07, 6.45) is 1.16. The Morgan fingerprint density at radius 2 is 2.15 bits per heavy atom. The number of esters is 1. The van der Waals surface area contributed by atoms with E-state index in [0.717, 1.165) is 0 Å². The summed E-state index contributed by atoms with van der Waals surface area (Å²) in [7, 11) is 2.89. The zero-order valence-electron chi connectivity index (χ0n) is 14.6. The Morgan fingerprint density at radius 1 is 1.38 bits per heavy atom. The maximum Gasteiger partial charge on any atom is 0.344 e. The van der Waals surface area contributed by atoms with Crippen molar-refractivity contribution in [3.05, 3.63) is 35.9 Å². The van der Waals surface area contributed by atoms with Crippen molar-refractivity contribution in [2.45, 2.75) is 25.1 Å². The highest BCUT2D eigenvalue weighted by atomic mass is 16.6. The van der Waals surface area contributed by atoms with Crippen LogP contribution in [-0.2, 0) is 14.3 Å². The molecule has 1 fully saturated rings. The third-order valence-corrected chi connectivity index (χ3v) is 4.50. The highest BCUT2D eigenvalue weighted by Gasteiger charge is 2.47. The van der Waals surface area contributed by atoms with Crippen molar-refractivity contribution in [3.8, 4) is 11.5 Å². The predicted molar refractivity (Wildman–Crippen MR) is 90.8 cm³/mol. The molecular formula is C18H20N2O6. The normalized spacial score (nSPS) is 21.2. The van der Waals surface area contributed by atoms with E-state index in [-0.39, 0.29) is 29.5 Å². The molecule has 138 valence electrons. The van der Waals surface area contributed by atoms with Gasteiger partial charge >= 0.3 is 5.97 Å². The number of amides is 2. The molecule has 0 aliphatic carbocycles. The van der Waals surface area contributed by atoms with Crippen LogP contribution >= 0.6 is 0 Å². The number of carbonyl (C=O) groups excluding carboxylic acids is 3. The van der Waals surface area contributed by atoms with Gasteiger partial charge in [0.25, 0.3) is 0 Å². The van der Waals surface area contributed by atoms with Crippen LogP contribution in [0.2, 0.25) is 0 Å². The van der Waals surface area contributed by atoms with Gasteiger partial charge in [0.1, 0.15) is 11.6 Å². The summed E-state index contributed by atoms with van der Waals surface area (Å²) in [6, 6.07) is 2.58. The van der Waals surface area contributed by atoms with Gasteiger partial charge in [-0.3, -0.25) is 14.5 Å². The molecular weight excluding hydrogens is 340 g/mol. The first kappa shape index (κ1) is 17.8. The molecule has 1 aromatic carbocycles. The molecule has 3 rings (SSSR count). The van der Waals surface area contributed by atoms with Crippen LogP contribution in [0, 0.1) is 0 Å². The molecule has 1 aromatic rings. The number of methoxy groups -OCH3 is 2. The summed E-state index contributed by atoms with van der Waals surface area (Å²) >= 11 is 0. The Balaban J connectivity index is 1.98. The smallest absolute Gasteiger partial charge is 0.344 e. The van der Waals surface area contributed by atoms with Crippen LogP contribution in [0.15, 0.2) is 24.8 Å². The number of nitrogens with one attached hydrogen (secondary N) is 1. The fourth-order valence-electron chi connectivity index (χ4n) is 3.33. The van der Waals surface area contributed by atoms with Crippen molar-refractivity contribution in [3.63, 3.8) is 0 Å². The van der Waals surface area contributed by atoms with Crippen LogP contribution in [0.25, 0.3) is 0 Å². The molecule has 0 unspecified atom stereocenters. The summed E-state index contributed by atoms with van der Waals surface area (Å²) < 4.78 is 15.9. The van der Waals surface area contributed by atoms with Crippen LogP contribution in [0.5, 0.6) is 11.5 Å². The third kappa shape index (κ3) is 2.77. The monoisotopic (exact) mass is 360 g/mol. The van der Waals surface area contributed by atoms with Gasteiger partial charge in [-0.05, 0) is 18.6 Å². The lowest BCUT2D eigenvalue weighted by molar-refractivity contribution is -0.145. The summed E-state index contributed by atoms with van der Waals surface area (Å²) in [5.74, 6) is -0.538. The number of nitrogens with zero attached hydrogens (tertiary/aromatic N) is 1. The Morgan fingerprint density at radius 3 is 2.81 bits per heavy atom. The second-order valence-electron chi connectivity index (χ2n) is 5.91. The Hall–Kier alpha value is -3.03. The molecule has 8 heteroatoms. The van der Waals surface area contributed by atoms with Crippen LogP contribution < -0.4 is 14.8 Å². The topological polar surface area (TPSA) is 94.2 Å². The minimum atomic E-state index is -0.966. The fourth-order valence-corrected chi connectivity index (χ4v) is 3.33. The molecule has 1 saturated heterocycles. The van der Waals surface area contributed by atoms with Crippen LogP contribution in [0.3, 0.4) is 0 Å². The number of benzene rings is 1. The highest BCUT2D eigenvalue weighted by molar-refractivity contribution is 5.99. The van der Waals surface area contributed by atoms with Crippen molar-refractivity contribution in [2.24, 2.45) is 0 Å². The van der Waals surface area contributed by atoms with Crippen LogP contribution in [0.4, 0.5) is 0 Å². The molecule has 2 aliphatic rings. The van der Waals surface area contributed by atoms with Gasteiger partial charge in [-0.25, -0.2) is 4.79 Å². The van der Waals surface area contributed by atoms with E-state index in [4.69, 9.17) is 14.2 Å². The maximum absolute atomic E-state index is 12.4. The molecule has 2 amide bonds. The van der Waals surface area contributed by atoms with Gasteiger partial charge in [0.15, 0.2) is 11.5 Å². The zero-order chi connectivity index (χ0) is 18.8. The third-order valence-electron chi connectivity index (χ3n) is 4.50. The SMILES string of the molecule is C=CCNC(=O)[C@H]1CCC(=O)N1[C@@H]1OC(=O)c2c1ccc(OC)c2OC. The lowest BCUT2D eigenvalue weighted by atomic mass is 10.1. The average molecular weight is 360 g/mol. The summed E-state index contributed by atoms with van der Waals surface area (Å²) in [4.78, 5) is 38.6. The van der Waals surface area contributed by atoms with E-state index in [0.29, 0.717) is 24.3 Å². The standard InChI is InChI=1S/C18H20N2O6/c1-4-9-19-16(22)11-6-8-13(21)20(11)17-10-5-7-12(24-2)15(25-3)14(10)18(23)26-17/h4-5,7,11,17H,1,6,8-9H2,2-3H3,(H,19,22)/t11-,17-/m1/s1. The number of cyclic esters (lactones) is 1. The predicted octanol–water partition coefficient (Wildman–Crippen LogP) is 1.17. The summed E-state index contributed by atoms with van der Waals surface area (Å²) in [5.41, 5.74) is 0.686. The largest absolute Gasteiger partial charge is 0.493 e. The van der Waals surface area contributed by atoms with Gasteiger partial charge in [-0.1, -0.05) is 6.08 Å². The van der Waals surface area contributed by atoms with Gasteiger partial charge in [0.2, 0.25) is 18.0 Å². The minimum Gasteiger partial charge on any atom is -0.493 e. The molecule has 0 saturated carbocycles. The Labute approximate surface area is 150 Å². The van der Waals surface area contributed by atoms with Gasteiger partial charge in [-0.2, -0.15) is 0 Å². The molecule has 2 atom stereocenters. The van der Waals surface area contributed by atoms with E-state index in [9.17, 15) is 14.4 Å². The molecule has 8 nitrogen and oxygen atoms in total. The number of fused-ring (bicyclic) bond motifs is 1. The number of hydrogen-bond donors (Lipinski definition) is 1. The van der Waals surface area contributed by atoms with Crippen LogP contribution in [-0.4, -0.2) is 49.5 Å². The van der Waals surface area contributed by atoms with Gasteiger partial charge in [-0.15, -0.1) is 6.58 Å².